The van der Waals surface area contributed by atoms with Crippen molar-refractivity contribution < 1.29 is 4.79 Å². The number of nitrogen functional groups attached to an aromatic ring is 1. The number of carbonyl (C=O) groups is 1. The highest BCUT2D eigenvalue weighted by Gasteiger charge is 2.16. The molecule has 0 spiro atoms. The first-order valence-corrected chi connectivity index (χ1v) is 10.5. The monoisotopic (exact) mass is 471 g/mol. The highest BCUT2D eigenvalue weighted by atomic mass is 79.9. The molecule has 1 amide bonds. The number of aryl methyl sites for hydroxylation is 2. The SMILES string of the molecule is Cc1nc2nc(N)nn2c(C)c1CC(=O)Nc1ncc(Cc2ccc(Br)cc2)s1. The van der Waals surface area contributed by atoms with Crippen LogP contribution in [0.1, 0.15) is 27.4 Å². The standard InChI is InChI=1S/C19H18BrN7OS/c1-10-15(11(2)27-18(23-10)25-17(21)26-27)8-16(28)24-19-22-9-14(29-19)7-12-3-5-13(20)6-4-12/h3-6,9H,7-8H2,1-2H3,(H2,21,26)(H,22,24,28). The summed E-state index contributed by atoms with van der Waals surface area (Å²) in [6.07, 6.45) is 2.74. The van der Waals surface area contributed by atoms with Gasteiger partial charge < -0.3 is 11.1 Å². The molecule has 10 heteroatoms. The Morgan fingerprint density at radius 3 is 2.76 bits per heavy atom. The van der Waals surface area contributed by atoms with E-state index in [1.54, 1.807) is 10.7 Å². The fourth-order valence-electron chi connectivity index (χ4n) is 3.05. The molecule has 29 heavy (non-hydrogen) atoms. The summed E-state index contributed by atoms with van der Waals surface area (Å²) in [7, 11) is 0. The zero-order chi connectivity index (χ0) is 20.5. The number of anilines is 2. The maximum absolute atomic E-state index is 12.6. The number of aromatic nitrogens is 5. The third kappa shape index (κ3) is 4.28. The lowest BCUT2D eigenvalue weighted by molar-refractivity contribution is -0.115. The number of halogens is 1. The number of nitrogens with two attached hydrogens (primary N) is 1. The molecule has 0 bridgehead atoms. The first-order chi connectivity index (χ1) is 13.9. The summed E-state index contributed by atoms with van der Waals surface area (Å²) in [6.45, 7) is 3.72. The molecule has 0 atom stereocenters. The van der Waals surface area contributed by atoms with Gasteiger partial charge in [-0.05, 0) is 31.5 Å². The van der Waals surface area contributed by atoms with Gasteiger partial charge in [-0.2, -0.15) is 9.50 Å². The number of thiazole rings is 1. The summed E-state index contributed by atoms with van der Waals surface area (Å²) in [4.78, 5) is 26.5. The van der Waals surface area contributed by atoms with Crippen LogP contribution in [0.2, 0.25) is 0 Å². The van der Waals surface area contributed by atoms with Gasteiger partial charge in [0.05, 0.1) is 6.42 Å². The number of carbonyl (C=O) groups excluding carboxylic acids is 1. The van der Waals surface area contributed by atoms with Crippen LogP contribution in [0.25, 0.3) is 5.78 Å². The number of benzene rings is 1. The van der Waals surface area contributed by atoms with Crippen LogP contribution in [0.4, 0.5) is 11.1 Å². The Bertz CT molecular complexity index is 1200. The van der Waals surface area contributed by atoms with Crippen LogP contribution in [0.15, 0.2) is 34.9 Å². The molecule has 4 rings (SSSR count). The second-order valence-corrected chi connectivity index (χ2v) is 8.63. The number of nitrogens with zero attached hydrogens (tertiary/aromatic N) is 5. The molecule has 0 aliphatic heterocycles. The highest BCUT2D eigenvalue weighted by molar-refractivity contribution is 9.10. The fourth-order valence-corrected chi connectivity index (χ4v) is 4.18. The van der Waals surface area contributed by atoms with Gasteiger partial charge in [0.25, 0.3) is 5.78 Å². The molecule has 8 nitrogen and oxygen atoms in total. The van der Waals surface area contributed by atoms with Gasteiger partial charge in [0.2, 0.25) is 11.9 Å². The maximum Gasteiger partial charge on any atom is 0.254 e. The van der Waals surface area contributed by atoms with Crippen molar-refractivity contribution >= 4 is 50.0 Å². The molecular formula is C19H18BrN7OS. The lowest BCUT2D eigenvalue weighted by atomic mass is 10.1. The van der Waals surface area contributed by atoms with E-state index < -0.39 is 0 Å². The van der Waals surface area contributed by atoms with E-state index in [0.29, 0.717) is 10.9 Å². The first kappa shape index (κ1) is 19.5. The Morgan fingerprint density at radius 2 is 2.00 bits per heavy atom. The molecule has 0 fully saturated rings. The Labute approximate surface area is 179 Å². The van der Waals surface area contributed by atoms with Crippen molar-refractivity contribution in [3.8, 4) is 0 Å². The zero-order valence-corrected chi connectivity index (χ0v) is 18.2. The number of hydrogen-bond acceptors (Lipinski definition) is 7. The average Bonchev–Trinajstić information content (AvgIpc) is 3.26. The second kappa shape index (κ2) is 7.88. The lowest BCUT2D eigenvalue weighted by Crippen LogP contribution is -2.17. The predicted octanol–water partition coefficient (Wildman–Crippen LogP) is 3.31. The summed E-state index contributed by atoms with van der Waals surface area (Å²) in [5.74, 6) is 0.428. The summed E-state index contributed by atoms with van der Waals surface area (Å²) in [5, 5.41) is 7.59. The molecule has 3 N–H and O–H groups in total. The summed E-state index contributed by atoms with van der Waals surface area (Å²) in [6, 6.07) is 8.15. The molecule has 0 aliphatic rings. The average molecular weight is 472 g/mol. The Kier molecular flexibility index (Phi) is 5.29. The third-order valence-corrected chi connectivity index (χ3v) is 5.94. The molecule has 1 aromatic carbocycles. The van der Waals surface area contributed by atoms with Crippen LogP contribution in [0, 0.1) is 13.8 Å². The number of nitrogens with one attached hydrogen (secondary N) is 1. The van der Waals surface area contributed by atoms with Crippen molar-refractivity contribution in [3.05, 3.63) is 62.3 Å². The van der Waals surface area contributed by atoms with Gasteiger partial charge in [0.15, 0.2) is 5.13 Å². The number of fused-ring (bicyclic) bond motifs is 1. The molecule has 148 valence electrons. The van der Waals surface area contributed by atoms with E-state index in [9.17, 15) is 4.79 Å². The summed E-state index contributed by atoms with van der Waals surface area (Å²) < 4.78 is 2.61. The van der Waals surface area contributed by atoms with E-state index in [1.807, 2.05) is 26.0 Å². The van der Waals surface area contributed by atoms with E-state index in [0.717, 1.165) is 32.7 Å². The van der Waals surface area contributed by atoms with Crippen molar-refractivity contribution in [2.45, 2.75) is 26.7 Å². The minimum absolute atomic E-state index is 0.155. The highest BCUT2D eigenvalue weighted by Crippen LogP contribution is 2.23. The normalized spacial score (nSPS) is 11.1. The van der Waals surface area contributed by atoms with E-state index >= 15 is 0 Å². The zero-order valence-electron chi connectivity index (χ0n) is 15.8. The molecule has 3 aromatic heterocycles. The van der Waals surface area contributed by atoms with E-state index in [4.69, 9.17) is 5.73 Å². The Morgan fingerprint density at radius 1 is 1.24 bits per heavy atom. The van der Waals surface area contributed by atoms with Crippen LogP contribution in [-0.2, 0) is 17.6 Å². The maximum atomic E-state index is 12.6. The summed E-state index contributed by atoms with van der Waals surface area (Å²) >= 11 is 4.91. The molecular weight excluding hydrogens is 454 g/mol. The third-order valence-electron chi connectivity index (χ3n) is 4.49. The van der Waals surface area contributed by atoms with Crippen LogP contribution in [0.3, 0.4) is 0 Å². The largest absolute Gasteiger partial charge is 0.366 e. The summed E-state index contributed by atoms with van der Waals surface area (Å²) in [5.41, 5.74) is 9.16. The second-order valence-electron chi connectivity index (χ2n) is 6.60. The van der Waals surface area contributed by atoms with Crippen molar-refractivity contribution in [3.63, 3.8) is 0 Å². The van der Waals surface area contributed by atoms with Gasteiger partial charge in [-0.15, -0.1) is 16.4 Å². The predicted molar refractivity (Wildman–Crippen MR) is 116 cm³/mol. The molecule has 3 heterocycles. The van der Waals surface area contributed by atoms with Crippen molar-refractivity contribution in [2.75, 3.05) is 11.1 Å². The van der Waals surface area contributed by atoms with Gasteiger partial charge in [0, 0.05) is 38.9 Å². The molecule has 0 unspecified atom stereocenters. The molecule has 0 aliphatic carbocycles. The Balaban J connectivity index is 1.46. The molecule has 0 saturated carbocycles. The molecule has 0 saturated heterocycles. The van der Waals surface area contributed by atoms with E-state index in [2.05, 4.69) is 53.4 Å². The van der Waals surface area contributed by atoms with Crippen LogP contribution in [0.5, 0.6) is 0 Å². The fraction of sp³-hybridized carbons (Fsp3) is 0.211. The van der Waals surface area contributed by atoms with Gasteiger partial charge in [-0.1, -0.05) is 28.1 Å². The lowest BCUT2D eigenvalue weighted by Gasteiger charge is -2.09. The van der Waals surface area contributed by atoms with E-state index in [-0.39, 0.29) is 18.3 Å². The van der Waals surface area contributed by atoms with Gasteiger partial charge in [0.1, 0.15) is 0 Å². The number of amides is 1. The smallest absolute Gasteiger partial charge is 0.254 e. The minimum Gasteiger partial charge on any atom is -0.366 e. The number of rotatable bonds is 5. The van der Waals surface area contributed by atoms with Crippen molar-refractivity contribution in [1.82, 2.24) is 24.6 Å². The van der Waals surface area contributed by atoms with Crippen LogP contribution >= 0.6 is 27.3 Å². The topological polar surface area (TPSA) is 111 Å². The van der Waals surface area contributed by atoms with Gasteiger partial charge >= 0.3 is 0 Å². The first-order valence-electron chi connectivity index (χ1n) is 8.86. The molecule has 0 radical (unpaired) electrons. The van der Waals surface area contributed by atoms with Gasteiger partial charge in [-0.25, -0.2) is 9.97 Å². The van der Waals surface area contributed by atoms with Crippen LogP contribution < -0.4 is 11.1 Å². The Hall–Kier alpha value is -2.85. The van der Waals surface area contributed by atoms with Crippen molar-refractivity contribution in [2.24, 2.45) is 0 Å². The quantitative estimate of drug-likeness (QED) is 0.461. The van der Waals surface area contributed by atoms with E-state index in [1.165, 1.54) is 16.9 Å². The van der Waals surface area contributed by atoms with Crippen LogP contribution in [-0.4, -0.2) is 30.5 Å². The minimum atomic E-state index is -0.157. The van der Waals surface area contributed by atoms with Gasteiger partial charge in [-0.3, -0.25) is 4.79 Å². The van der Waals surface area contributed by atoms with Crippen molar-refractivity contribution in [1.29, 1.82) is 0 Å². The number of hydrogen-bond donors (Lipinski definition) is 2. The molecule has 4 aromatic rings.